The van der Waals surface area contributed by atoms with Gasteiger partial charge in [-0.2, -0.15) is 0 Å². The highest BCUT2D eigenvalue weighted by Gasteiger charge is 2.14. The molecule has 1 aliphatic heterocycles. The number of nitrogens with two attached hydrogens (primary N) is 1. The normalized spacial score (nSPS) is 18.3. The summed E-state index contributed by atoms with van der Waals surface area (Å²) in [4.78, 5) is 4.04. The van der Waals surface area contributed by atoms with Crippen molar-refractivity contribution in [2.45, 2.75) is 12.8 Å². The van der Waals surface area contributed by atoms with Crippen molar-refractivity contribution in [2.75, 3.05) is 25.6 Å². The summed E-state index contributed by atoms with van der Waals surface area (Å²) in [5.74, 6) is 0.605. The summed E-state index contributed by atoms with van der Waals surface area (Å²) in [6, 6.07) is 0. The molecule has 0 aliphatic carbocycles. The quantitative estimate of drug-likeness (QED) is 0.829. The standard InChI is InChI=1S/C9H14N2O2S/c10-8-5-11-9(14-8)13-6-7-1-3-12-4-2-7/h5,7H,1-4,6,10H2. The van der Waals surface area contributed by atoms with Crippen LogP contribution < -0.4 is 10.5 Å². The first kappa shape index (κ1) is 9.73. The van der Waals surface area contributed by atoms with Crippen molar-refractivity contribution in [1.29, 1.82) is 0 Å². The summed E-state index contributed by atoms with van der Waals surface area (Å²) in [6.07, 6.45) is 3.80. The number of nitrogen functional groups attached to an aromatic ring is 1. The molecule has 2 N–H and O–H groups in total. The number of hydrogen-bond acceptors (Lipinski definition) is 5. The third-order valence-electron chi connectivity index (χ3n) is 2.29. The molecule has 0 atom stereocenters. The molecule has 0 amide bonds. The van der Waals surface area contributed by atoms with Gasteiger partial charge in [0.2, 0.25) is 0 Å². The molecule has 1 fully saturated rings. The summed E-state index contributed by atoms with van der Waals surface area (Å²) < 4.78 is 10.8. The van der Waals surface area contributed by atoms with Crippen LogP contribution in [0.1, 0.15) is 12.8 Å². The van der Waals surface area contributed by atoms with E-state index >= 15 is 0 Å². The van der Waals surface area contributed by atoms with Gasteiger partial charge in [0.25, 0.3) is 5.19 Å². The second kappa shape index (κ2) is 4.61. The van der Waals surface area contributed by atoms with Gasteiger partial charge in [-0.3, -0.25) is 0 Å². The van der Waals surface area contributed by atoms with Crippen LogP contribution in [-0.4, -0.2) is 24.8 Å². The van der Waals surface area contributed by atoms with Gasteiger partial charge in [-0.25, -0.2) is 4.98 Å². The highest BCUT2D eigenvalue weighted by atomic mass is 32.1. The molecule has 2 heterocycles. The van der Waals surface area contributed by atoms with Gasteiger partial charge >= 0.3 is 0 Å². The molecule has 5 heteroatoms. The fraction of sp³-hybridized carbons (Fsp3) is 0.667. The zero-order valence-electron chi connectivity index (χ0n) is 7.94. The Bertz CT molecular complexity index is 284. The Labute approximate surface area is 87.0 Å². The minimum absolute atomic E-state index is 0.605. The molecule has 1 aliphatic rings. The molecule has 0 bridgehead atoms. The number of rotatable bonds is 3. The van der Waals surface area contributed by atoms with Gasteiger partial charge in [-0.15, -0.1) is 0 Å². The number of ether oxygens (including phenoxy) is 2. The minimum Gasteiger partial charge on any atom is -0.470 e. The van der Waals surface area contributed by atoms with Crippen molar-refractivity contribution in [3.05, 3.63) is 6.20 Å². The Morgan fingerprint density at radius 2 is 2.36 bits per heavy atom. The van der Waals surface area contributed by atoms with E-state index in [2.05, 4.69) is 4.98 Å². The molecule has 2 rings (SSSR count). The number of thiazole rings is 1. The molecule has 0 aromatic carbocycles. The summed E-state index contributed by atoms with van der Waals surface area (Å²) >= 11 is 1.39. The lowest BCUT2D eigenvalue weighted by Gasteiger charge is -2.21. The fourth-order valence-corrected chi connectivity index (χ4v) is 1.98. The molecular weight excluding hydrogens is 200 g/mol. The van der Waals surface area contributed by atoms with Crippen molar-refractivity contribution in [1.82, 2.24) is 4.98 Å². The fourth-order valence-electron chi connectivity index (χ4n) is 1.44. The van der Waals surface area contributed by atoms with Gasteiger partial charge in [-0.05, 0) is 18.8 Å². The van der Waals surface area contributed by atoms with Crippen LogP contribution in [0.5, 0.6) is 5.19 Å². The van der Waals surface area contributed by atoms with Crippen molar-refractivity contribution in [3.8, 4) is 5.19 Å². The van der Waals surface area contributed by atoms with E-state index in [0.29, 0.717) is 16.1 Å². The smallest absolute Gasteiger partial charge is 0.275 e. The SMILES string of the molecule is Nc1cnc(OCC2CCOCC2)s1. The second-order valence-corrected chi connectivity index (χ2v) is 4.42. The van der Waals surface area contributed by atoms with Crippen LogP contribution in [0.3, 0.4) is 0 Å². The molecule has 1 aromatic heterocycles. The Balaban J connectivity index is 1.76. The highest BCUT2D eigenvalue weighted by Crippen LogP contribution is 2.23. The average molecular weight is 214 g/mol. The number of hydrogen-bond donors (Lipinski definition) is 1. The maximum absolute atomic E-state index is 5.54. The van der Waals surface area contributed by atoms with Crippen LogP contribution in [0, 0.1) is 5.92 Å². The molecular formula is C9H14N2O2S. The maximum atomic E-state index is 5.54. The van der Waals surface area contributed by atoms with Gasteiger partial charge in [0.15, 0.2) is 0 Å². The molecule has 0 saturated carbocycles. The van der Waals surface area contributed by atoms with Gasteiger partial charge in [0.05, 0.1) is 12.8 Å². The Kier molecular flexibility index (Phi) is 3.21. The van der Waals surface area contributed by atoms with Gasteiger partial charge in [-0.1, -0.05) is 11.3 Å². The predicted octanol–water partition coefficient (Wildman–Crippen LogP) is 1.53. The number of aromatic nitrogens is 1. The van der Waals surface area contributed by atoms with E-state index in [1.165, 1.54) is 11.3 Å². The lowest BCUT2D eigenvalue weighted by atomic mass is 10.0. The average Bonchev–Trinajstić information content (AvgIpc) is 2.63. The largest absolute Gasteiger partial charge is 0.470 e. The molecule has 78 valence electrons. The van der Waals surface area contributed by atoms with E-state index < -0.39 is 0 Å². The van der Waals surface area contributed by atoms with Crippen LogP contribution >= 0.6 is 11.3 Å². The van der Waals surface area contributed by atoms with E-state index in [-0.39, 0.29) is 0 Å². The molecule has 14 heavy (non-hydrogen) atoms. The first-order valence-corrected chi connectivity index (χ1v) is 5.58. The van der Waals surface area contributed by atoms with Crippen molar-refractivity contribution in [3.63, 3.8) is 0 Å². The Morgan fingerprint density at radius 1 is 1.57 bits per heavy atom. The van der Waals surface area contributed by atoms with E-state index in [4.69, 9.17) is 15.2 Å². The lowest BCUT2D eigenvalue weighted by Crippen LogP contribution is -2.21. The van der Waals surface area contributed by atoms with Gasteiger partial charge in [0, 0.05) is 13.2 Å². The first-order valence-electron chi connectivity index (χ1n) is 4.76. The van der Waals surface area contributed by atoms with Crippen LogP contribution in [0.25, 0.3) is 0 Å². The van der Waals surface area contributed by atoms with Crippen LogP contribution in [0.4, 0.5) is 5.00 Å². The molecule has 0 radical (unpaired) electrons. The van der Waals surface area contributed by atoms with Crippen molar-refractivity contribution in [2.24, 2.45) is 5.92 Å². The first-order chi connectivity index (χ1) is 6.84. The summed E-state index contributed by atoms with van der Waals surface area (Å²) in [5, 5.41) is 1.38. The maximum Gasteiger partial charge on any atom is 0.275 e. The Morgan fingerprint density at radius 3 is 3.00 bits per heavy atom. The number of nitrogens with zero attached hydrogens (tertiary/aromatic N) is 1. The van der Waals surface area contributed by atoms with Gasteiger partial charge < -0.3 is 15.2 Å². The van der Waals surface area contributed by atoms with E-state index in [1.807, 2.05) is 0 Å². The van der Waals surface area contributed by atoms with Crippen LogP contribution in [0.2, 0.25) is 0 Å². The number of anilines is 1. The molecule has 1 aromatic rings. The van der Waals surface area contributed by atoms with Crippen molar-refractivity contribution < 1.29 is 9.47 Å². The van der Waals surface area contributed by atoms with E-state index in [9.17, 15) is 0 Å². The molecule has 4 nitrogen and oxygen atoms in total. The predicted molar refractivity (Wildman–Crippen MR) is 55.6 cm³/mol. The summed E-state index contributed by atoms with van der Waals surface area (Å²) in [5.41, 5.74) is 5.54. The zero-order chi connectivity index (χ0) is 9.80. The summed E-state index contributed by atoms with van der Waals surface area (Å²) in [7, 11) is 0. The second-order valence-electron chi connectivity index (χ2n) is 3.40. The molecule has 0 unspecified atom stereocenters. The third-order valence-corrected chi connectivity index (χ3v) is 3.02. The topological polar surface area (TPSA) is 57.4 Å². The molecule has 0 spiro atoms. The minimum atomic E-state index is 0.605. The van der Waals surface area contributed by atoms with E-state index in [1.54, 1.807) is 6.20 Å². The molecule has 1 saturated heterocycles. The monoisotopic (exact) mass is 214 g/mol. The van der Waals surface area contributed by atoms with Gasteiger partial charge in [0.1, 0.15) is 5.00 Å². The van der Waals surface area contributed by atoms with Crippen molar-refractivity contribution >= 4 is 16.3 Å². The Hall–Kier alpha value is -0.810. The van der Waals surface area contributed by atoms with E-state index in [0.717, 1.165) is 32.7 Å². The van der Waals surface area contributed by atoms with Crippen LogP contribution in [0.15, 0.2) is 6.20 Å². The summed E-state index contributed by atoms with van der Waals surface area (Å²) in [6.45, 7) is 2.44. The third kappa shape index (κ3) is 2.59. The highest BCUT2D eigenvalue weighted by molar-refractivity contribution is 7.17. The van der Waals surface area contributed by atoms with Crippen LogP contribution in [-0.2, 0) is 4.74 Å². The lowest BCUT2D eigenvalue weighted by molar-refractivity contribution is 0.0497. The zero-order valence-corrected chi connectivity index (χ0v) is 8.76.